The van der Waals surface area contributed by atoms with Gasteiger partial charge in [-0.2, -0.15) is 0 Å². The number of amides is 1. The number of anilines is 1. The summed E-state index contributed by atoms with van der Waals surface area (Å²) in [5, 5.41) is 15.6. The largest absolute Gasteiger partial charge is 0.481 e. The number of fused-ring (bicyclic) bond motifs is 1. The van der Waals surface area contributed by atoms with Crippen LogP contribution in [0.1, 0.15) is 74.2 Å². The van der Waals surface area contributed by atoms with Crippen molar-refractivity contribution >= 4 is 29.3 Å². The molecule has 1 aliphatic rings. The molecule has 0 radical (unpaired) electrons. The summed E-state index contributed by atoms with van der Waals surface area (Å²) < 4.78 is 6.55. The molecule has 9 nitrogen and oxygen atoms in total. The summed E-state index contributed by atoms with van der Waals surface area (Å²) in [5.41, 5.74) is 3.37. The number of pyridine rings is 1. The number of hydrogen-bond acceptors (Lipinski definition) is 6. The van der Waals surface area contributed by atoms with E-state index in [1.165, 1.54) is 12.7 Å². The first kappa shape index (κ1) is 27.2. The summed E-state index contributed by atoms with van der Waals surface area (Å²) in [5.74, 6) is -0.651. The fourth-order valence-corrected chi connectivity index (χ4v) is 5.18. The van der Waals surface area contributed by atoms with Gasteiger partial charge in [0.2, 0.25) is 0 Å². The van der Waals surface area contributed by atoms with Gasteiger partial charge >= 0.3 is 11.9 Å². The van der Waals surface area contributed by atoms with Gasteiger partial charge < -0.3 is 20.5 Å². The average molecular weight is 521 g/mol. The molecular formula is C29H36N4O5. The van der Waals surface area contributed by atoms with Gasteiger partial charge in [-0.3, -0.25) is 18.8 Å². The number of carboxylic acids is 1. The molecule has 1 fully saturated rings. The van der Waals surface area contributed by atoms with Crippen LogP contribution in [0.2, 0.25) is 0 Å². The number of aromatic nitrogens is 2. The lowest BCUT2D eigenvalue weighted by atomic mass is 9.82. The minimum atomic E-state index is -0.929. The molecule has 1 atom stereocenters. The molecule has 9 heteroatoms. The normalized spacial score (nSPS) is 14.8. The van der Waals surface area contributed by atoms with Crippen LogP contribution in [-0.4, -0.2) is 52.0 Å². The van der Waals surface area contributed by atoms with Gasteiger partial charge in [0.15, 0.2) is 5.65 Å². The molecule has 3 N–H and O–H groups in total. The summed E-state index contributed by atoms with van der Waals surface area (Å²) in [4.78, 5) is 41.9. The molecule has 0 spiro atoms. The molecule has 202 valence electrons. The fraction of sp³-hybridized carbons (Fsp3) is 0.448. The second-order valence-electron chi connectivity index (χ2n) is 10.2. The van der Waals surface area contributed by atoms with Crippen LogP contribution in [0.3, 0.4) is 0 Å². The van der Waals surface area contributed by atoms with Crippen LogP contribution in [-0.2, 0) is 14.3 Å². The van der Waals surface area contributed by atoms with E-state index in [-0.39, 0.29) is 24.8 Å². The second kappa shape index (κ2) is 12.1. The van der Waals surface area contributed by atoms with E-state index in [1.54, 1.807) is 22.7 Å². The predicted molar refractivity (Wildman–Crippen MR) is 145 cm³/mol. The molecule has 0 saturated heterocycles. The number of nitrogens with one attached hydrogen (secondary N) is 2. The first-order valence-corrected chi connectivity index (χ1v) is 13.2. The van der Waals surface area contributed by atoms with Gasteiger partial charge in [0, 0.05) is 17.8 Å². The smallest absolute Gasteiger partial charge is 0.325 e. The van der Waals surface area contributed by atoms with Gasteiger partial charge in [-0.05, 0) is 42.4 Å². The summed E-state index contributed by atoms with van der Waals surface area (Å²) in [6.07, 6.45) is 6.70. The number of esters is 1. The molecule has 1 saturated carbocycles. The van der Waals surface area contributed by atoms with Crippen molar-refractivity contribution in [1.82, 2.24) is 14.7 Å². The zero-order valence-electron chi connectivity index (χ0n) is 22.2. The maximum atomic E-state index is 13.5. The minimum Gasteiger partial charge on any atom is -0.481 e. The number of rotatable bonds is 10. The van der Waals surface area contributed by atoms with Crippen molar-refractivity contribution in [2.24, 2.45) is 5.92 Å². The Hall–Kier alpha value is -3.88. The fourth-order valence-electron chi connectivity index (χ4n) is 5.18. The van der Waals surface area contributed by atoms with Gasteiger partial charge in [0.05, 0.1) is 19.1 Å². The molecule has 0 aliphatic heterocycles. The van der Waals surface area contributed by atoms with Crippen LogP contribution in [0, 0.1) is 5.92 Å². The number of nitrogens with zero attached hydrogens (tertiary/aromatic N) is 2. The number of carboxylic acid groups (broad SMARTS) is 1. The summed E-state index contributed by atoms with van der Waals surface area (Å²) in [6, 6.07) is 11.0. The van der Waals surface area contributed by atoms with E-state index in [1.807, 2.05) is 24.3 Å². The third-order valence-electron chi connectivity index (χ3n) is 7.30. The van der Waals surface area contributed by atoms with E-state index in [0.717, 1.165) is 37.7 Å². The number of methoxy groups -OCH3 is 1. The highest BCUT2D eigenvalue weighted by Crippen LogP contribution is 2.32. The van der Waals surface area contributed by atoms with Crippen LogP contribution in [0.25, 0.3) is 16.9 Å². The quantitative estimate of drug-likeness (QED) is 0.326. The first-order valence-electron chi connectivity index (χ1n) is 13.2. The highest BCUT2D eigenvalue weighted by molar-refractivity contribution is 6.01. The Morgan fingerprint density at radius 1 is 1.11 bits per heavy atom. The van der Waals surface area contributed by atoms with Crippen molar-refractivity contribution < 1.29 is 24.2 Å². The summed E-state index contributed by atoms with van der Waals surface area (Å²) >= 11 is 0. The highest BCUT2D eigenvalue weighted by Gasteiger charge is 2.29. The van der Waals surface area contributed by atoms with Crippen molar-refractivity contribution in [2.75, 3.05) is 19.0 Å². The molecule has 1 amide bonds. The first-order chi connectivity index (χ1) is 18.3. The summed E-state index contributed by atoms with van der Waals surface area (Å²) in [7, 11) is 1.33. The number of carbonyl (C=O) groups excluding carboxylic acids is 2. The molecule has 4 rings (SSSR count). The molecule has 1 unspecified atom stereocenters. The van der Waals surface area contributed by atoms with Gasteiger partial charge in [0.1, 0.15) is 18.1 Å². The van der Waals surface area contributed by atoms with Crippen molar-refractivity contribution in [3.63, 3.8) is 0 Å². The van der Waals surface area contributed by atoms with E-state index in [4.69, 9.17) is 9.72 Å². The maximum absolute atomic E-state index is 13.5. The maximum Gasteiger partial charge on any atom is 0.325 e. The lowest BCUT2D eigenvalue weighted by Crippen LogP contribution is -2.42. The number of imidazole rings is 1. The number of benzene rings is 1. The molecule has 0 bridgehead atoms. The number of carbonyl (C=O) groups is 3. The van der Waals surface area contributed by atoms with Gasteiger partial charge in [0.25, 0.3) is 5.91 Å². The monoisotopic (exact) mass is 520 g/mol. The van der Waals surface area contributed by atoms with E-state index >= 15 is 0 Å². The molecule has 38 heavy (non-hydrogen) atoms. The van der Waals surface area contributed by atoms with Crippen molar-refractivity contribution in [3.05, 3.63) is 53.7 Å². The molecule has 2 heterocycles. The van der Waals surface area contributed by atoms with Gasteiger partial charge in [-0.25, -0.2) is 4.98 Å². The van der Waals surface area contributed by atoms with E-state index < -0.39 is 18.0 Å². The Morgan fingerprint density at radius 2 is 1.82 bits per heavy atom. The average Bonchev–Trinajstić information content (AvgIpc) is 3.30. The van der Waals surface area contributed by atoms with E-state index in [0.29, 0.717) is 28.6 Å². The minimum absolute atomic E-state index is 0.0693. The highest BCUT2D eigenvalue weighted by atomic mass is 16.5. The second-order valence-corrected chi connectivity index (χ2v) is 10.2. The number of aliphatic carboxylic acids is 1. The standard InChI is InChI=1S/C29H36N4O5/c1-18(2)19-11-13-21(14-12-19)26-28(30-17-25(36)38-3)33-15-7-10-22(27(33)32-26)29(37)31-23(16-24(34)35)20-8-5-4-6-9-20/h7,10-15,18,20,23,30H,4-6,8-9,16-17H2,1-3H3,(H,31,37)(H,34,35). The molecule has 1 aliphatic carbocycles. The third kappa shape index (κ3) is 6.15. The lowest BCUT2D eigenvalue weighted by Gasteiger charge is -2.30. The predicted octanol–water partition coefficient (Wildman–Crippen LogP) is 4.86. The summed E-state index contributed by atoms with van der Waals surface area (Å²) in [6.45, 7) is 4.18. The van der Waals surface area contributed by atoms with Crippen LogP contribution in [0.15, 0.2) is 42.6 Å². The van der Waals surface area contributed by atoms with Crippen LogP contribution in [0.4, 0.5) is 5.82 Å². The molecule has 1 aromatic carbocycles. The van der Waals surface area contributed by atoms with Crippen LogP contribution in [0.5, 0.6) is 0 Å². The Kier molecular flexibility index (Phi) is 8.66. The van der Waals surface area contributed by atoms with Crippen molar-refractivity contribution in [3.8, 4) is 11.3 Å². The van der Waals surface area contributed by atoms with E-state index in [2.05, 4.69) is 24.5 Å². The Bertz CT molecular complexity index is 1290. The Balaban J connectivity index is 1.72. The van der Waals surface area contributed by atoms with Gasteiger partial charge in [-0.15, -0.1) is 0 Å². The van der Waals surface area contributed by atoms with E-state index in [9.17, 15) is 19.5 Å². The van der Waals surface area contributed by atoms with Crippen LogP contribution >= 0.6 is 0 Å². The Morgan fingerprint density at radius 3 is 2.45 bits per heavy atom. The molecule has 3 aromatic rings. The van der Waals surface area contributed by atoms with Gasteiger partial charge in [-0.1, -0.05) is 57.4 Å². The van der Waals surface area contributed by atoms with Crippen molar-refractivity contribution in [2.45, 2.75) is 64.3 Å². The van der Waals surface area contributed by atoms with Crippen LogP contribution < -0.4 is 10.6 Å². The molecular weight excluding hydrogens is 484 g/mol. The SMILES string of the molecule is COC(=O)CNc1c(-c2ccc(C(C)C)cc2)nc2c(C(=O)NC(CC(=O)O)C3CCCCC3)cccn12. The molecule has 2 aromatic heterocycles. The lowest BCUT2D eigenvalue weighted by molar-refractivity contribution is -0.139. The zero-order valence-corrected chi connectivity index (χ0v) is 22.2. The number of ether oxygens (including phenoxy) is 1. The topological polar surface area (TPSA) is 122 Å². The number of hydrogen-bond donors (Lipinski definition) is 3. The Labute approximate surface area is 222 Å². The zero-order chi connectivity index (χ0) is 27.2. The third-order valence-corrected chi connectivity index (χ3v) is 7.30. The van der Waals surface area contributed by atoms with Crippen molar-refractivity contribution in [1.29, 1.82) is 0 Å².